The number of likely N-dealkylation sites (N-methyl/N-ethyl adjacent to an activating group) is 1. The fourth-order valence-corrected chi connectivity index (χ4v) is 2.96. The number of benzene rings is 1. The Morgan fingerprint density at radius 1 is 1.04 bits per heavy atom. The number of nitrogens with one attached hydrogen (secondary N) is 1. The summed E-state index contributed by atoms with van der Waals surface area (Å²) in [5.74, 6) is -1.63. The summed E-state index contributed by atoms with van der Waals surface area (Å²) >= 11 is 0. The average molecular weight is 413 g/mol. The van der Waals surface area contributed by atoms with Crippen molar-refractivity contribution in [3.05, 3.63) is 29.8 Å². The number of nitrogens with zero attached hydrogens (tertiary/aromatic N) is 2. The van der Waals surface area contributed by atoms with Crippen LogP contribution in [0.3, 0.4) is 0 Å². The summed E-state index contributed by atoms with van der Waals surface area (Å²) in [5.41, 5.74) is -0.307. The molecule has 1 aromatic carbocycles. The summed E-state index contributed by atoms with van der Waals surface area (Å²) in [5, 5.41) is 2.73. The zero-order valence-corrected chi connectivity index (χ0v) is 17.8. The predicted octanol–water partition coefficient (Wildman–Crippen LogP) is 0.467. The van der Waals surface area contributed by atoms with Crippen LogP contribution in [-0.4, -0.2) is 75.2 Å². The summed E-state index contributed by atoms with van der Waals surface area (Å²) < 4.78 is 30.0. The topological polar surface area (TPSA) is 113 Å². The van der Waals surface area contributed by atoms with Crippen molar-refractivity contribution in [3.63, 3.8) is 0 Å². The van der Waals surface area contributed by atoms with Crippen LogP contribution in [0.4, 0.5) is 0 Å². The van der Waals surface area contributed by atoms with E-state index in [1.165, 1.54) is 45.4 Å². The Bertz CT molecular complexity index is 826. The number of amides is 2. The molecule has 1 rings (SSSR count). The highest BCUT2D eigenvalue weighted by atomic mass is 32.2. The highest BCUT2D eigenvalue weighted by Crippen LogP contribution is 2.14. The first-order valence-electron chi connectivity index (χ1n) is 8.49. The minimum Gasteiger partial charge on any atom is -0.452 e. The first kappa shape index (κ1) is 23.6. The molecule has 1 N–H and O–H groups in total. The van der Waals surface area contributed by atoms with Gasteiger partial charge in [-0.1, -0.05) is 0 Å². The lowest BCUT2D eigenvalue weighted by atomic mass is 10.1. The van der Waals surface area contributed by atoms with E-state index in [1.54, 1.807) is 0 Å². The highest BCUT2D eigenvalue weighted by molar-refractivity contribution is 7.89. The molecular formula is C18H27N3O6S. The van der Waals surface area contributed by atoms with Crippen molar-refractivity contribution >= 4 is 27.8 Å². The monoisotopic (exact) mass is 413 g/mol. The van der Waals surface area contributed by atoms with E-state index in [4.69, 9.17) is 4.74 Å². The van der Waals surface area contributed by atoms with E-state index in [9.17, 15) is 22.8 Å². The average Bonchev–Trinajstić information content (AvgIpc) is 2.57. The van der Waals surface area contributed by atoms with Gasteiger partial charge in [-0.2, -0.15) is 0 Å². The molecule has 2 amide bonds. The minimum absolute atomic E-state index is 0.0368. The number of hydrogen-bond donors (Lipinski definition) is 1. The number of hydrogen-bond acceptors (Lipinski definition) is 6. The van der Waals surface area contributed by atoms with Gasteiger partial charge >= 0.3 is 5.97 Å². The first-order valence-corrected chi connectivity index (χ1v) is 9.93. The van der Waals surface area contributed by atoms with Gasteiger partial charge in [0.05, 0.1) is 17.0 Å². The van der Waals surface area contributed by atoms with Crippen molar-refractivity contribution < 1.29 is 27.5 Å². The standard InChI is InChI=1S/C18H27N3O6S/c1-18(2,3)19-15(22)11-21(6)16(23)12-27-17(24)13-7-9-14(10-8-13)28(25,26)20(4)5/h7-10H,11-12H2,1-6H3,(H,19,22). The largest absolute Gasteiger partial charge is 0.452 e. The number of sulfonamides is 1. The summed E-state index contributed by atoms with van der Waals surface area (Å²) in [7, 11) is 0.640. The van der Waals surface area contributed by atoms with Crippen LogP contribution < -0.4 is 5.32 Å². The van der Waals surface area contributed by atoms with Crippen molar-refractivity contribution in [2.75, 3.05) is 34.3 Å². The SMILES string of the molecule is CN(CC(=O)NC(C)(C)C)C(=O)COC(=O)c1ccc(S(=O)(=O)N(C)C)cc1. The Kier molecular flexibility index (Phi) is 7.71. The Balaban J connectivity index is 2.62. The minimum atomic E-state index is -3.60. The van der Waals surface area contributed by atoms with Crippen LogP contribution in [0.5, 0.6) is 0 Å². The molecule has 0 aliphatic rings. The van der Waals surface area contributed by atoms with Gasteiger partial charge in [-0.15, -0.1) is 0 Å². The third-order valence-corrected chi connectivity index (χ3v) is 5.35. The molecule has 0 aliphatic heterocycles. The van der Waals surface area contributed by atoms with E-state index < -0.39 is 34.0 Å². The molecule has 0 aliphatic carbocycles. The Hall–Kier alpha value is -2.46. The van der Waals surface area contributed by atoms with Gasteiger partial charge in [0, 0.05) is 26.7 Å². The van der Waals surface area contributed by atoms with Crippen LogP contribution in [0.15, 0.2) is 29.2 Å². The van der Waals surface area contributed by atoms with Crippen molar-refractivity contribution in [2.45, 2.75) is 31.2 Å². The molecule has 10 heteroatoms. The molecule has 0 fully saturated rings. The third kappa shape index (κ3) is 6.93. The third-order valence-electron chi connectivity index (χ3n) is 3.52. The molecule has 0 heterocycles. The normalized spacial score (nSPS) is 11.8. The molecule has 28 heavy (non-hydrogen) atoms. The van der Waals surface area contributed by atoms with Gasteiger partial charge in [-0.3, -0.25) is 9.59 Å². The lowest BCUT2D eigenvalue weighted by molar-refractivity contribution is -0.137. The van der Waals surface area contributed by atoms with E-state index in [0.29, 0.717) is 0 Å². The number of carbonyl (C=O) groups excluding carboxylic acids is 3. The van der Waals surface area contributed by atoms with Gasteiger partial charge in [0.2, 0.25) is 15.9 Å². The number of esters is 1. The van der Waals surface area contributed by atoms with Gasteiger partial charge < -0.3 is 15.0 Å². The fraction of sp³-hybridized carbons (Fsp3) is 0.500. The van der Waals surface area contributed by atoms with Crippen LogP contribution in [0.1, 0.15) is 31.1 Å². The van der Waals surface area contributed by atoms with Crippen LogP contribution in [-0.2, 0) is 24.3 Å². The van der Waals surface area contributed by atoms with E-state index in [2.05, 4.69) is 5.32 Å². The molecule has 0 saturated heterocycles. The van der Waals surface area contributed by atoms with Gasteiger partial charge in [-0.25, -0.2) is 17.5 Å². The molecule has 0 aromatic heterocycles. The fourth-order valence-electron chi connectivity index (χ4n) is 2.06. The highest BCUT2D eigenvalue weighted by Gasteiger charge is 2.20. The molecular weight excluding hydrogens is 386 g/mol. The Morgan fingerprint density at radius 2 is 1.57 bits per heavy atom. The molecule has 9 nitrogen and oxygen atoms in total. The molecule has 1 aromatic rings. The van der Waals surface area contributed by atoms with Crippen molar-refractivity contribution in [1.29, 1.82) is 0 Å². The second kappa shape index (κ2) is 9.16. The smallest absolute Gasteiger partial charge is 0.338 e. The zero-order chi connectivity index (χ0) is 21.7. The predicted molar refractivity (Wildman–Crippen MR) is 103 cm³/mol. The summed E-state index contributed by atoms with van der Waals surface area (Å²) in [6.45, 7) is 4.78. The van der Waals surface area contributed by atoms with Gasteiger partial charge in [-0.05, 0) is 45.0 Å². The van der Waals surface area contributed by atoms with Gasteiger partial charge in [0.1, 0.15) is 0 Å². The second-order valence-electron chi connectivity index (χ2n) is 7.44. The van der Waals surface area contributed by atoms with Crippen LogP contribution in [0.25, 0.3) is 0 Å². The molecule has 0 saturated carbocycles. The quantitative estimate of drug-likeness (QED) is 0.650. The maximum absolute atomic E-state index is 12.0. The van der Waals surface area contributed by atoms with E-state index in [-0.39, 0.29) is 22.9 Å². The molecule has 156 valence electrons. The summed E-state index contributed by atoms with van der Waals surface area (Å²) in [6.07, 6.45) is 0. The number of carbonyl (C=O) groups is 3. The van der Waals surface area contributed by atoms with Crippen molar-refractivity contribution in [1.82, 2.24) is 14.5 Å². The maximum Gasteiger partial charge on any atom is 0.338 e. The summed E-state index contributed by atoms with van der Waals surface area (Å²) in [4.78, 5) is 37.1. The second-order valence-corrected chi connectivity index (χ2v) is 9.59. The summed E-state index contributed by atoms with van der Waals surface area (Å²) in [6, 6.07) is 5.20. The number of rotatable bonds is 7. The van der Waals surface area contributed by atoms with E-state index in [1.807, 2.05) is 20.8 Å². The Morgan fingerprint density at radius 3 is 2.04 bits per heavy atom. The van der Waals surface area contributed by atoms with E-state index >= 15 is 0 Å². The lowest BCUT2D eigenvalue weighted by Crippen LogP contribution is -2.46. The lowest BCUT2D eigenvalue weighted by Gasteiger charge is -2.23. The molecule has 0 spiro atoms. The zero-order valence-electron chi connectivity index (χ0n) is 17.0. The first-order chi connectivity index (χ1) is 12.7. The Labute approximate surface area is 165 Å². The van der Waals surface area contributed by atoms with Crippen molar-refractivity contribution in [3.8, 4) is 0 Å². The number of ether oxygens (including phenoxy) is 1. The maximum atomic E-state index is 12.0. The van der Waals surface area contributed by atoms with Gasteiger partial charge in [0.25, 0.3) is 5.91 Å². The molecule has 0 atom stereocenters. The van der Waals surface area contributed by atoms with Crippen LogP contribution >= 0.6 is 0 Å². The van der Waals surface area contributed by atoms with E-state index in [0.717, 1.165) is 9.21 Å². The van der Waals surface area contributed by atoms with Crippen LogP contribution in [0.2, 0.25) is 0 Å². The van der Waals surface area contributed by atoms with Gasteiger partial charge in [0.15, 0.2) is 6.61 Å². The van der Waals surface area contributed by atoms with Crippen LogP contribution in [0, 0.1) is 0 Å². The molecule has 0 unspecified atom stereocenters. The molecule has 0 bridgehead atoms. The molecule has 0 radical (unpaired) electrons. The van der Waals surface area contributed by atoms with Crippen molar-refractivity contribution in [2.24, 2.45) is 0 Å².